The first-order chi connectivity index (χ1) is 5.37. The van der Waals surface area contributed by atoms with Gasteiger partial charge in [0.25, 0.3) is 0 Å². The molecule has 0 fully saturated rings. The Hall–Kier alpha value is -0.115. The Morgan fingerprint density at radius 3 is 2.58 bits per heavy atom. The van der Waals surface area contributed by atoms with Crippen LogP contribution in [0.15, 0.2) is 0 Å². The van der Waals surface area contributed by atoms with Crippen LogP contribution in [0.3, 0.4) is 0 Å². The molecule has 4 heteroatoms. The third-order valence-corrected chi connectivity index (χ3v) is 1.89. The largest absolute Gasteiger partial charge is 0.469 e. The van der Waals surface area contributed by atoms with Gasteiger partial charge in [-0.15, -0.1) is 0 Å². The van der Waals surface area contributed by atoms with Gasteiger partial charge in [0, 0.05) is 5.25 Å². The summed E-state index contributed by atoms with van der Waals surface area (Å²) >= 11 is 4.12. The number of carbonyl (C=O) groups is 1. The first kappa shape index (κ1) is 11.9. The maximum absolute atomic E-state index is 11.2. The second-order valence-electron chi connectivity index (χ2n) is 3.64. The van der Waals surface area contributed by atoms with Crippen molar-refractivity contribution in [1.82, 2.24) is 0 Å². The summed E-state index contributed by atoms with van der Waals surface area (Å²) in [5.74, 6) is -0.163. The Bertz CT molecular complexity index is 157. The number of hydrogen-bond donors (Lipinski definition) is 1. The van der Waals surface area contributed by atoms with E-state index in [-0.39, 0.29) is 16.7 Å². The second-order valence-corrected chi connectivity index (χ2v) is 4.52. The van der Waals surface area contributed by atoms with E-state index < -0.39 is 0 Å². The lowest BCUT2D eigenvalue weighted by molar-refractivity contribution is -0.151. The molecule has 0 aliphatic rings. The predicted molar refractivity (Wildman–Crippen MR) is 56.4 cm³/mol. The molecular formula is C8H17BO2S. The first-order valence-corrected chi connectivity index (χ1v) is 4.79. The molecule has 0 N–H and O–H groups in total. The van der Waals surface area contributed by atoms with Gasteiger partial charge in [-0.1, -0.05) is 13.8 Å². The van der Waals surface area contributed by atoms with Crippen LogP contribution in [0.2, 0.25) is 0 Å². The zero-order valence-corrected chi connectivity index (χ0v) is 9.15. The highest BCUT2D eigenvalue weighted by Gasteiger charge is 2.20. The monoisotopic (exact) mass is 188 g/mol. The van der Waals surface area contributed by atoms with Gasteiger partial charge in [-0.25, -0.2) is 0 Å². The lowest BCUT2D eigenvalue weighted by Crippen LogP contribution is -2.31. The van der Waals surface area contributed by atoms with Gasteiger partial charge in [0.1, 0.15) is 0 Å². The average Bonchev–Trinajstić information content (AvgIpc) is 1.84. The highest BCUT2D eigenvalue weighted by molar-refractivity contribution is 7.80. The molecule has 0 aromatic rings. The number of thiol groups is 1. The molecule has 0 aliphatic heterocycles. The maximum Gasteiger partial charge on any atom is 0.306 e. The van der Waals surface area contributed by atoms with Gasteiger partial charge < -0.3 is 4.74 Å². The fraction of sp³-hybridized carbons (Fsp3) is 0.875. The summed E-state index contributed by atoms with van der Waals surface area (Å²) in [4.78, 5) is 11.2. The fourth-order valence-electron chi connectivity index (χ4n) is 0.663. The third-order valence-electron chi connectivity index (χ3n) is 1.70. The van der Waals surface area contributed by atoms with E-state index in [0.717, 1.165) is 6.42 Å². The van der Waals surface area contributed by atoms with Crippen LogP contribution in [0, 0.1) is 0 Å². The van der Waals surface area contributed by atoms with Crippen LogP contribution in [-0.2, 0) is 9.53 Å². The summed E-state index contributed by atoms with van der Waals surface area (Å²) in [6, 6.07) is 0. The molecule has 0 radical (unpaired) electrons. The van der Waals surface area contributed by atoms with Crippen molar-refractivity contribution < 1.29 is 9.53 Å². The molecule has 0 heterocycles. The number of hydrogen-bond acceptors (Lipinski definition) is 3. The molecule has 12 heavy (non-hydrogen) atoms. The Kier molecular flexibility index (Phi) is 4.75. The van der Waals surface area contributed by atoms with Crippen molar-refractivity contribution in [1.29, 1.82) is 0 Å². The molecule has 0 saturated carbocycles. The van der Waals surface area contributed by atoms with Gasteiger partial charge in [-0.05, 0) is 13.3 Å². The molecule has 2 unspecified atom stereocenters. The summed E-state index contributed by atoms with van der Waals surface area (Å²) in [7, 11) is 1.91. The molecule has 0 rings (SSSR count). The molecule has 70 valence electrons. The van der Waals surface area contributed by atoms with E-state index in [1.165, 1.54) is 0 Å². The van der Waals surface area contributed by atoms with Crippen molar-refractivity contribution in [3.63, 3.8) is 0 Å². The Balaban J connectivity index is 3.84. The SMILES string of the molecule is BC(C)(CC)OC(=O)CC(C)S. The van der Waals surface area contributed by atoms with Crippen LogP contribution in [0.5, 0.6) is 0 Å². The van der Waals surface area contributed by atoms with E-state index in [1.54, 1.807) is 0 Å². The Morgan fingerprint density at radius 1 is 1.75 bits per heavy atom. The highest BCUT2D eigenvalue weighted by Crippen LogP contribution is 2.12. The molecular weight excluding hydrogens is 171 g/mol. The summed E-state index contributed by atoms with van der Waals surface area (Å²) in [6.45, 7) is 5.79. The first-order valence-electron chi connectivity index (χ1n) is 4.27. The van der Waals surface area contributed by atoms with Crippen molar-refractivity contribution in [3.05, 3.63) is 0 Å². The van der Waals surface area contributed by atoms with Crippen LogP contribution >= 0.6 is 12.6 Å². The topological polar surface area (TPSA) is 26.3 Å². The van der Waals surface area contributed by atoms with Crippen LogP contribution in [0.25, 0.3) is 0 Å². The standard InChI is InChI=1S/C8H17BO2S/c1-4-8(3,9)11-7(10)5-6(2)12/h6,12H,4-5,9H2,1-3H3. The van der Waals surface area contributed by atoms with Gasteiger partial charge in [-0.3, -0.25) is 4.79 Å². The maximum atomic E-state index is 11.2. The van der Waals surface area contributed by atoms with Crippen LogP contribution in [0.1, 0.15) is 33.6 Å². The van der Waals surface area contributed by atoms with E-state index in [1.807, 2.05) is 28.6 Å². The highest BCUT2D eigenvalue weighted by atomic mass is 32.1. The smallest absolute Gasteiger partial charge is 0.306 e. The molecule has 2 nitrogen and oxygen atoms in total. The van der Waals surface area contributed by atoms with E-state index in [9.17, 15) is 4.79 Å². The van der Waals surface area contributed by atoms with Crippen LogP contribution in [0.4, 0.5) is 0 Å². The summed E-state index contributed by atoms with van der Waals surface area (Å²) in [5.41, 5.74) is -0.334. The molecule has 0 aliphatic carbocycles. The zero-order valence-electron chi connectivity index (χ0n) is 8.26. The van der Waals surface area contributed by atoms with Crippen molar-refractivity contribution in [3.8, 4) is 0 Å². The molecule has 0 amide bonds. The summed E-state index contributed by atoms with van der Waals surface area (Å²) < 4.78 is 5.21. The van der Waals surface area contributed by atoms with E-state index >= 15 is 0 Å². The molecule has 0 aromatic heterocycles. The Morgan fingerprint density at radius 2 is 2.25 bits per heavy atom. The molecule has 0 spiro atoms. The van der Waals surface area contributed by atoms with Gasteiger partial charge in [0.15, 0.2) is 7.85 Å². The quantitative estimate of drug-likeness (QED) is 0.404. The third kappa shape index (κ3) is 5.52. The number of rotatable bonds is 4. The van der Waals surface area contributed by atoms with Crippen molar-refractivity contribution in [2.24, 2.45) is 0 Å². The van der Waals surface area contributed by atoms with Crippen LogP contribution < -0.4 is 0 Å². The van der Waals surface area contributed by atoms with Crippen LogP contribution in [-0.4, -0.2) is 24.6 Å². The van der Waals surface area contributed by atoms with Gasteiger partial charge >= 0.3 is 5.97 Å². The lowest BCUT2D eigenvalue weighted by atomic mass is 9.81. The van der Waals surface area contributed by atoms with Crippen molar-refractivity contribution >= 4 is 26.4 Å². The number of ether oxygens (including phenoxy) is 1. The van der Waals surface area contributed by atoms with E-state index in [0.29, 0.717) is 6.42 Å². The molecule has 0 bridgehead atoms. The van der Waals surface area contributed by atoms with E-state index in [4.69, 9.17) is 4.74 Å². The minimum atomic E-state index is -0.334. The lowest BCUT2D eigenvalue weighted by Gasteiger charge is -2.23. The minimum Gasteiger partial charge on any atom is -0.469 e. The van der Waals surface area contributed by atoms with Gasteiger partial charge in [-0.2, -0.15) is 12.6 Å². The average molecular weight is 188 g/mol. The molecule has 2 atom stereocenters. The Labute approximate surface area is 80.9 Å². The minimum absolute atomic E-state index is 0.0742. The van der Waals surface area contributed by atoms with Gasteiger partial charge in [0.05, 0.1) is 11.9 Å². The second kappa shape index (κ2) is 4.80. The van der Waals surface area contributed by atoms with Gasteiger partial charge in [0.2, 0.25) is 0 Å². The van der Waals surface area contributed by atoms with E-state index in [2.05, 4.69) is 12.6 Å². The van der Waals surface area contributed by atoms with Crippen molar-refractivity contribution in [2.45, 2.75) is 44.4 Å². The number of carbonyl (C=O) groups excluding carboxylic acids is 1. The number of esters is 1. The normalized spacial score (nSPS) is 18.0. The zero-order chi connectivity index (χ0) is 9.78. The molecule has 0 aromatic carbocycles. The summed E-state index contributed by atoms with van der Waals surface area (Å²) in [5, 5.41) is 0.0742. The predicted octanol–water partition coefficient (Wildman–Crippen LogP) is 0.997. The fourth-order valence-corrected chi connectivity index (χ4v) is 0.812. The van der Waals surface area contributed by atoms with Crippen molar-refractivity contribution in [2.75, 3.05) is 0 Å². The summed E-state index contributed by atoms with van der Waals surface area (Å²) in [6.07, 6.45) is 1.21. The molecule has 0 saturated heterocycles.